The van der Waals surface area contributed by atoms with E-state index in [1.165, 1.54) is 0 Å². The lowest BCUT2D eigenvalue weighted by atomic mass is 10.1. The van der Waals surface area contributed by atoms with Crippen LogP contribution in [0.1, 0.15) is 38.1 Å². The number of aromatic nitrogens is 2. The minimum Gasteiger partial charge on any atom is -0.391 e. The van der Waals surface area contributed by atoms with Gasteiger partial charge in [0.25, 0.3) is 0 Å². The lowest BCUT2D eigenvalue weighted by Crippen LogP contribution is -2.25. The minimum absolute atomic E-state index is 0.0274. The zero-order valence-corrected chi connectivity index (χ0v) is 12.6. The molecule has 0 saturated heterocycles. The van der Waals surface area contributed by atoms with Crippen molar-refractivity contribution in [3.05, 3.63) is 35.4 Å². The SMILES string of the molecule is Nc1cc(-c2cccc(Cl)c2)nn1C1CCCCCC1O. The molecular weight excluding hydrogens is 286 g/mol. The second-order valence-electron chi connectivity index (χ2n) is 5.68. The molecule has 1 aromatic carbocycles. The minimum atomic E-state index is -0.373. The molecule has 0 bridgehead atoms. The van der Waals surface area contributed by atoms with Gasteiger partial charge >= 0.3 is 0 Å². The molecule has 0 amide bonds. The first kappa shape index (κ1) is 14.4. The Labute approximate surface area is 129 Å². The number of aliphatic hydroxyl groups is 1. The predicted molar refractivity (Wildman–Crippen MR) is 85.2 cm³/mol. The van der Waals surface area contributed by atoms with Gasteiger partial charge in [0.2, 0.25) is 0 Å². The molecule has 21 heavy (non-hydrogen) atoms. The van der Waals surface area contributed by atoms with Crippen molar-refractivity contribution in [3.8, 4) is 11.3 Å². The average Bonchev–Trinajstić information content (AvgIpc) is 2.71. The Bertz CT molecular complexity index is 626. The van der Waals surface area contributed by atoms with Crippen molar-refractivity contribution in [2.24, 2.45) is 0 Å². The van der Waals surface area contributed by atoms with E-state index in [4.69, 9.17) is 17.3 Å². The van der Waals surface area contributed by atoms with Gasteiger partial charge in [-0.1, -0.05) is 43.0 Å². The van der Waals surface area contributed by atoms with E-state index < -0.39 is 0 Å². The first-order valence-electron chi connectivity index (χ1n) is 7.44. The summed E-state index contributed by atoms with van der Waals surface area (Å²) in [5.41, 5.74) is 7.86. The third-order valence-corrected chi connectivity index (χ3v) is 4.38. The molecule has 1 heterocycles. The largest absolute Gasteiger partial charge is 0.391 e. The van der Waals surface area contributed by atoms with E-state index in [-0.39, 0.29) is 12.1 Å². The van der Waals surface area contributed by atoms with Gasteiger partial charge in [-0.05, 0) is 25.0 Å². The van der Waals surface area contributed by atoms with Crippen LogP contribution < -0.4 is 5.73 Å². The summed E-state index contributed by atoms with van der Waals surface area (Å²) in [5, 5.41) is 15.6. The molecule has 1 fully saturated rings. The first-order valence-corrected chi connectivity index (χ1v) is 7.82. The molecule has 1 aliphatic rings. The maximum atomic E-state index is 10.3. The molecule has 1 aliphatic carbocycles. The standard InChI is InChI=1S/C16H20ClN3O/c17-12-6-4-5-11(9-12)13-10-16(18)20(19-13)14-7-2-1-3-8-15(14)21/h4-6,9-10,14-15,21H,1-3,7-8,18H2. The average molecular weight is 306 g/mol. The summed E-state index contributed by atoms with van der Waals surface area (Å²) in [6.07, 6.45) is 4.70. The monoisotopic (exact) mass is 305 g/mol. The number of nitrogen functional groups attached to an aromatic ring is 1. The Balaban J connectivity index is 1.93. The number of hydrogen-bond acceptors (Lipinski definition) is 3. The Morgan fingerprint density at radius 3 is 2.81 bits per heavy atom. The van der Waals surface area contributed by atoms with E-state index in [1.54, 1.807) is 4.68 Å². The lowest BCUT2D eigenvalue weighted by Gasteiger charge is -2.21. The maximum absolute atomic E-state index is 10.3. The summed E-state index contributed by atoms with van der Waals surface area (Å²) in [5.74, 6) is 0.593. The van der Waals surface area contributed by atoms with Gasteiger partial charge in [0.1, 0.15) is 5.82 Å². The summed E-state index contributed by atoms with van der Waals surface area (Å²) in [6.45, 7) is 0. The number of halogens is 1. The Morgan fingerprint density at radius 2 is 2.00 bits per heavy atom. The van der Waals surface area contributed by atoms with Gasteiger partial charge in [0.05, 0.1) is 17.8 Å². The molecule has 4 nitrogen and oxygen atoms in total. The van der Waals surface area contributed by atoms with Crippen LogP contribution in [0.2, 0.25) is 5.02 Å². The van der Waals surface area contributed by atoms with Crippen molar-refractivity contribution in [2.75, 3.05) is 5.73 Å². The summed E-state index contributed by atoms with van der Waals surface area (Å²) in [6, 6.07) is 9.39. The van der Waals surface area contributed by atoms with Gasteiger partial charge in [0, 0.05) is 16.7 Å². The van der Waals surface area contributed by atoms with Crippen molar-refractivity contribution < 1.29 is 5.11 Å². The summed E-state index contributed by atoms with van der Waals surface area (Å²) in [4.78, 5) is 0. The highest BCUT2D eigenvalue weighted by Crippen LogP contribution is 2.31. The van der Waals surface area contributed by atoms with Gasteiger partial charge in [-0.2, -0.15) is 5.10 Å². The van der Waals surface area contributed by atoms with Crippen LogP contribution in [-0.2, 0) is 0 Å². The quantitative estimate of drug-likeness (QED) is 0.832. The molecule has 2 aromatic rings. The fraction of sp³-hybridized carbons (Fsp3) is 0.438. The van der Waals surface area contributed by atoms with E-state index >= 15 is 0 Å². The van der Waals surface area contributed by atoms with Gasteiger partial charge in [-0.3, -0.25) is 0 Å². The van der Waals surface area contributed by atoms with Crippen LogP contribution in [0.15, 0.2) is 30.3 Å². The molecule has 2 atom stereocenters. The van der Waals surface area contributed by atoms with Crippen LogP contribution >= 0.6 is 11.6 Å². The van der Waals surface area contributed by atoms with E-state index in [0.29, 0.717) is 10.8 Å². The van der Waals surface area contributed by atoms with Gasteiger partial charge in [-0.25, -0.2) is 4.68 Å². The van der Waals surface area contributed by atoms with Crippen LogP contribution in [-0.4, -0.2) is 21.0 Å². The van der Waals surface area contributed by atoms with Crippen molar-refractivity contribution in [3.63, 3.8) is 0 Å². The summed E-state index contributed by atoms with van der Waals surface area (Å²) >= 11 is 6.03. The molecule has 0 aliphatic heterocycles. The zero-order valence-electron chi connectivity index (χ0n) is 11.9. The molecule has 0 radical (unpaired) electrons. The van der Waals surface area contributed by atoms with E-state index in [2.05, 4.69) is 5.10 Å². The summed E-state index contributed by atoms with van der Waals surface area (Å²) < 4.78 is 1.78. The first-order chi connectivity index (χ1) is 10.1. The topological polar surface area (TPSA) is 64.1 Å². The van der Waals surface area contributed by atoms with Crippen LogP contribution in [0.25, 0.3) is 11.3 Å². The van der Waals surface area contributed by atoms with Crippen LogP contribution in [0.3, 0.4) is 0 Å². The number of nitrogens with two attached hydrogens (primary N) is 1. The van der Waals surface area contributed by atoms with Crippen molar-refractivity contribution in [1.82, 2.24) is 9.78 Å². The Hall–Kier alpha value is -1.52. The van der Waals surface area contributed by atoms with Crippen LogP contribution in [0, 0.1) is 0 Å². The zero-order chi connectivity index (χ0) is 14.8. The molecule has 3 N–H and O–H groups in total. The highest BCUT2D eigenvalue weighted by Gasteiger charge is 2.25. The van der Waals surface area contributed by atoms with Crippen molar-refractivity contribution in [1.29, 1.82) is 0 Å². The van der Waals surface area contributed by atoms with E-state index in [0.717, 1.165) is 43.4 Å². The highest BCUT2D eigenvalue weighted by atomic mass is 35.5. The fourth-order valence-corrected chi connectivity index (χ4v) is 3.21. The van der Waals surface area contributed by atoms with Crippen molar-refractivity contribution in [2.45, 2.75) is 44.2 Å². The maximum Gasteiger partial charge on any atom is 0.122 e. The second kappa shape index (κ2) is 6.08. The molecule has 3 rings (SSSR count). The Morgan fingerprint density at radius 1 is 1.19 bits per heavy atom. The van der Waals surface area contributed by atoms with Gasteiger partial charge < -0.3 is 10.8 Å². The highest BCUT2D eigenvalue weighted by molar-refractivity contribution is 6.30. The van der Waals surface area contributed by atoms with Gasteiger partial charge in [0.15, 0.2) is 0 Å². The number of hydrogen-bond donors (Lipinski definition) is 2. The molecule has 2 unspecified atom stereocenters. The number of benzene rings is 1. The molecule has 5 heteroatoms. The van der Waals surface area contributed by atoms with Crippen molar-refractivity contribution >= 4 is 17.4 Å². The molecule has 1 aromatic heterocycles. The Kier molecular flexibility index (Phi) is 4.17. The van der Waals surface area contributed by atoms with E-state index in [9.17, 15) is 5.11 Å². The molecule has 0 spiro atoms. The third-order valence-electron chi connectivity index (χ3n) is 4.14. The third kappa shape index (κ3) is 3.06. The number of aliphatic hydroxyl groups excluding tert-OH is 1. The van der Waals surface area contributed by atoms with Crippen LogP contribution in [0.4, 0.5) is 5.82 Å². The number of nitrogens with zero attached hydrogens (tertiary/aromatic N) is 2. The normalized spacial score (nSPS) is 23.0. The van der Waals surface area contributed by atoms with Gasteiger partial charge in [-0.15, -0.1) is 0 Å². The smallest absolute Gasteiger partial charge is 0.122 e. The lowest BCUT2D eigenvalue weighted by molar-refractivity contribution is 0.100. The predicted octanol–water partition coefficient (Wildman–Crippen LogP) is 3.65. The number of rotatable bonds is 2. The molecule has 112 valence electrons. The number of anilines is 1. The molecule has 1 saturated carbocycles. The molecular formula is C16H20ClN3O. The van der Waals surface area contributed by atoms with E-state index in [1.807, 2.05) is 30.3 Å². The summed E-state index contributed by atoms with van der Waals surface area (Å²) in [7, 11) is 0. The fourth-order valence-electron chi connectivity index (χ4n) is 3.02. The van der Waals surface area contributed by atoms with Crippen LogP contribution in [0.5, 0.6) is 0 Å². The second-order valence-corrected chi connectivity index (χ2v) is 6.12.